The van der Waals surface area contributed by atoms with Crippen molar-refractivity contribution in [2.24, 2.45) is 0 Å². The molecule has 2 N–H and O–H groups in total. The van der Waals surface area contributed by atoms with Crippen molar-refractivity contribution in [2.45, 2.75) is 0 Å². The highest BCUT2D eigenvalue weighted by atomic mass is 19.1. The van der Waals surface area contributed by atoms with Crippen molar-refractivity contribution in [1.82, 2.24) is 4.98 Å². The molecule has 0 aliphatic carbocycles. The lowest BCUT2D eigenvalue weighted by Gasteiger charge is -2.22. The van der Waals surface area contributed by atoms with Crippen molar-refractivity contribution in [3.05, 3.63) is 60.7 Å². The third kappa shape index (κ3) is 2.05. The molecule has 0 spiro atoms. The number of benzene rings is 2. The van der Waals surface area contributed by atoms with Crippen LogP contribution in [0.1, 0.15) is 0 Å². The van der Waals surface area contributed by atoms with Crippen LogP contribution in [0.3, 0.4) is 0 Å². The molecule has 0 amide bonds. The first-order valence-corrected chi connectivity index (χ1v) is 6.28. The summed E-state index contributed by atoms with van der Waals surface area (Å²) in [6, 6.07) is 12.2. The Morgan fingerprint density at radius 1 is 1.15 bits per heavy atom. The Hall–Kier alpha value is -2.62. The predicted octanol–water partition coefficient (Wildman–Crippen LogP) is 3.72. The molecule has 0 aliphatic rings. The highest BCUT2D eigenvalue weighted by molar-refractivity contribution is 5.99. The van der Waals surface area contributed by atoms with E-state index >= 15 is 0 Å². The topological polar surface area (TPSA) is 42.2 Å². The molecule has 0 atom stereocenters. The summed E-state index contributed by atoms with van der Waals surface area (Å²) in [6.07, 6.45) is 3.49. The van der Waals surface area contributed by atoms with E-state index in [2.05, 4.69) is 4.98 Å². The third-order valence-corrected chi connectivity index (χ3v) is 3.40. The summed E-state index contributed by atoms with van der Waals surface area (Å²) in [5.74, 6) is -0.266. The van der Waals surface area contributed by atoms with Gasteiger partial charge < -0.3 is 10.6 Å². The summed E-state index contributed by atoms with van der Waals surface area (Å²) in [5, 5.41) is 1.93. The highest BCUT2D eigenvalue weighted by Crippen LogP contribution is 2.34. The Morgan fingerprint density at radius 2 is 2.00 bits per heavy atom. The normalized spacial score (nSPS) is 10.7. The second-order valence-electron chi connectivity index (χ2n) is 4.63. The Balaban J connectivity index is 2.12. The molecule has 0 saturated carbocycles. The van der Waals surface area contributed by atoms with Crippen LogP contribution in [0.15, 0.2) is 54.9 Å². The third-order valence-electron chi connectivity index (χ3n) is 3.40. The molecular weight excluding hydrogens is 253 g/mol. The van der Waals surface area contributed by atoms with Crippen molar-refractivity contribution in [3.63, 3.8) is 0 Å². The number of aromatic nitrogens is 1. The summed E-state index contributed by atoms with van der Waals surface area (Å²) in [5.41, 5.74) is 8.49. The Morgan fingerprint density at radius 3 is 2.80 bits per heavy atom. The van der Waals surface area contributed by atoms with Gasteiger partial charge in [0.15, 0.2) is 0 Å². The van der Waals surface area contributed by atoms with Gasteiger partial charge in [-0.25, -0.2) is 4.39 Å². The number of pyridine rings is 1. The van der Waals surface area contributed by atoms with Crippen molar-refractivity contribution in [3.8, 4) is 0 Å². The number of nitrogens with two attached hydrogens (primary N) is 1. The van der Waals surface area contributed by atoms with E-state index in [9.17, 15) is 4.39 Å². The smallest absolute Gasteiger partial charge is 0.125 e. The highest BCUT2D eigenvalue weighted by Gasteiger charge is 2.10. The molecular formula is C16H14FN3. The van der Waals surface area contributed by atoms with Crippen LogP contribution in [0.2, 0.25) is 0 Å². The number of nitrogens with zero attached hydrogens (tertiary/aromatic N) is 2. The van der Waals surface area contributed by atoms with Crippen molar-refractivity contribution in [1.29, 1.82) is 0 Å². The van der Waals surface area contributed by atoms with Gasteiger partial charge in [0.05, 0.1) is 11.4 Å². The quantitative estimate of drug-likeness (QED) is 0.719. The number of halogens is 1. The van der Waals surface area contributed by atoms with Gasteiger partial charge >= 0.3 is 0 Å². The van der Waals surface area contributed by atoms with Gasteiger partial charge in [-0.1, -0.05) is 12.1 Å². The van der Waals surface area contributed by atoms with Crippen LogP contribution in [0.25, 0.3) is 10.8 Å². The maximum atomic E-state index is 13.3. The molecule has 0 radical (unpaired) electrons. The monoisotopic (exact) mass is 267 g/mol. The molecule has 0 saturated heterocycles. The van der Waals surface area contributed by atoms with Crippen molar-refractivity contribution in [2.75, 3.05) is 17.7 Å². The van der Waals surface area contributed by atoms with E-state index in [1.807, 2.05) is 36.2 Å². The Bertz CT molecular complexity index is 771. The van der Waals surface area contributed by atoms with Crippen LogP contribution in [-0.2, 0) is 0 Å². The lowest BCUT2D eigenvalue weighted by Crippen LogP contribution is -2.12. The SMILES string of the molecule is CN(c1cccc(F)c1)c1ccc2cnccc2c1N. The summed E-state index contributed by atoms with van der Waals surface area (Å²) in [6.45, 7) is 0. The Kier molecular flexibility index (Phi) is 2.99. The number of fused-ring (bicyclic) bond motifs is 1. The number of hydrogen-bond acceptors (Lipinski definition) is 3. The number of anilines is 3. The molecule has 0 bridgehead atoms. The lowest BCUT2D eigenvalue weighted by atomic mass is 10.1. The summed E-state index contributed by atoms with van der Waals surface area (Å²) in [4.78, 5) is 5.95. The van der Waals surface area contributed by atoms with Gasteiger partial charge in [-0.05, 0) is 30.3 Å². The molecule has 4 heteroatoms. The van der Waals surface area contributed by atoms with Crippen LogP contribution in [0.5, 0.6) is 0 Å². The largest absolute Gasteiger partial charge is 0.397 e. The zero-order valence-electron chi connectivity index (χ0n) is 11.0. The number of nitrogen functional groups attached to an aromatic ring is 1. The molecule has 3 nitrogen and oxygen atoms in total. The summed E-state index contributed by atoms with van der Waals surface area (Å²) in [7, 11) is 1.87. The first kappa shape index (κ1) is 12.4. The fourth-order valence-corrected chi connectivity index (χ4v) is 2.30. The number of rotatable bonds is 2. The molecule has 2 aromatic carbocycles. The van der Waals surface area contributed by atoms with Gasteiger partial charge in [0, 0.05) is 35.9 Å². The van der Waals surface area contributed by atoms with E-state index in [1.54, 1.807) is 18.5 Å². The minimum Gasteiger partial charge on any atom is -0.397 e. The van der Waals surface area contributed by atoms with Crippen LogP contribution in [0, 0.1) is 5.82 Å². The van der Waals surface area contributed by atoms with E-state index in [0.717, 1.165) is 22.1 Å². The lowest BCUT2D eigenvalue weighted by molar-refractivity contribution is 0.628. The average Bonchev–Trinajstić information content (AvgIpc) is 2.47. The van der Waals surface area contributed by atoms with Gasteiger partial charge in [0.25, 0.3) is 0 Å². The molecule has 20 heavy (non-hydrogen) atoms. The van der Waals surface area contributed by atoms with E-state index in [0.29, 0.717) is 5.69 Å². The van der Waals surface area contributed by atoms with Gasteiger partial charge in [-0.3, -0.25) is 4.98 Å². The summed E-state index contributed by atoms with van der Waals surface area (Å²) < 4.78 is 13.3. The van der Waals surface area contributed by atoms with Crippen molar-refractivity contribution >= 4 is 27.8 Å². The van der Waals surface area contributed by atoms with E-state index < -0.39 is 0 Å². The van der Waals surface area contributed by atoms with E-state index in [4.69, 9.17) is 5.73 Å². The van der Waals surface area contributed by atoms with Crippen LogP contribution in [-0.4, -0.2) is 12.0 Å². The number of hydrogen-bond donors (Lipinski definition) is 1. The zero-order chi connectivity index (χ0) is 14.1. The van der Waals surface area contributed by atoms with Crippen LogP contribution >= 0.6 is 0 Å². The fraction of sp³-hybridized carbons (Fsp3) is 0.0625. The van der Waals surface area contributed by atoms with Gasteiger partial charge in [0.2, 0.25) is 0 Å². The fourth-order valence-electron chi connectivity index (χ4n) is 2.30. The second-order valence-corrected chi connectivity index (χ2v) is 4.63. The molecule has 0 fully saturated rings. The molecule has 3 aromatic rings. The first-order valence-electron chi connectivity index (χ1n) is 6.28. The summed E-state index contributed by atoms with van der Waals surface area (Å²) >= 11 is 0. The van der Waals surface area contributed by atoms with Crippen LogP contribution in [0.4, 0.5) is 21.5 Å². The zero-order valence-corrected chi connectivity index (χ0v) is 11.0. The minimum absolute atomic E-state index is 0.266. The van der Waals surface area contributed by atoms with E-state index in [1.165, 1.54) is 12.1 Å². The van der Waals surface area contributed by atoms with Crippen molar-refractivity contribution < 1.29 is 4.39 Å². The first-order chi connectivity index (χ1) is 9.66. The molecule has 1 heterocycles. The minimum atomic E-state index is -0.266. The van der Waals surface area contributed by atoms with Gasteiger partial charge in [-0.2, -0.15) is 0 Å². The van der Waals surface area contributed by atoms with Gasteiger partial charge in [-0.15, -0.1) is 0 Å². The molecule has 100 valence electrons. The second kappa shape index (κ2) is 4.81. The molecule has 0 aliphatic heterocycles. The van der Waals surface area contributed by atoms with Gasteiger partial charge in [0.1, 0.15) is 5.82 Å². The molecule has 3 rings (SSSR count). The standard InChI is InChI=1S/C16H14FN3/c1-20(13-4-2-3-12(17)9-13)15-6-5-11-10-19-8-7-14(11)16(15)18/h2-10H,18H2,1H3. The average molecular weight is 267 g/mol. The predicted molar refractivity (Wildman–Crippen MR) is 80.6 cm³/mol. The molecule has 0 unspecified atom stereocenters. The van der Waals surface area contributed by atoms with Crippen LogP contribution < -0.4 is 10.6 Å². The Labute approximate surface area is 116 Å². The van der Waals surface area contributed by atoms with E-state index in [-0.39, 0.29) is 5.82 Å². The maximum absolute atomic E-state index is 13.3. The maximum Gasteiger partial charge on any atom is 0.125 e. The molecule has 1 aromatic heterocycles.